The molecule has 5 nitrogen and oxygen atoms in total. The van der Waals surface area contributed by atoms with Crippen LogP contribution in [0.1, 0.15) is 27.3 Å². The van der Waals surface area contributed by atoms with Gasteiger partial charge >= 0.3 is 0 Å². The first-order valence-electron chi connectivity index (χ1n) is 7.07. The zero-order chi connectivity index (χ0) is 15.5. The number of hydrogen-bond acceptors (Lipinski definition) is 4. The average Bonchev–Trinajstić information content (AvgIpc) is 2.90. The van der Waals surface area contributed by atoms with E-state index in [1.54, 1.807) is 0 Å². The SMILES string of the molecule is Cc1ccc(COCc2ccc3cnn(C)c3c2)c(C=O)n1. The van der Waals surface area contributed by atoms with Crippen molar-refractivity contribution in [2.45, 2.75) is 20.1 Å². The fourth-order valence-electron chi connectivity index (χ4n) is 2.39. The topological polar surface area (TPSA) is 57.0 Å². The van der Waals surface area contributed by atoms with Gasteiger partial charge in [0.25, 0.3) is 0 Å². The van der Waals surface area contributed by atoms with Crippen molar-refractivity contribution >= 4 is 17.2 Å². The van der Waals surface area contributed by atoms with Gasteiger partial charge in [0.1, 0.15) is 5.69 Å². The number of nitrogens with zero attached hydrogens (tertiary/aromatic N) is 3. The monoisotopic (exact) mass is 295 g/mol. The number of aldehydes is 1. The Bertz CT molecular complexity index is 824. The van der Waals surface area contributed by atoms with Crippen LogP contribution in [0.15, 0.2) is 36.5 Å². The largest absolute Gasteiger partial charge is 0.372 e. The molecule has 5 heteroatoms. The van der Waals surface area contributed by atoms with Crippen LogP contribution in [0.5, 0.6) is 0 Å². The van der Waals surface area contributed by atoms with Crippen molar-refractivity contribution in [3.63, 3.8) is 0 Å². The standard InChI is InChI=1S/C17H17N3O2/c1-12-3-5-15(16(9-21)19-12)11-22-10-13-4-6-14-8-18-20(2)17(14)7-13/h3-9H,10-11H2,1-2H3. The van der Waals surface area contributed by atoms with Crippen LogP contribution < -0.4 is 0 Å². The number of benzene rings is 1. The number of aromatic nitrogens is 3. The number of ether oxygens (including phenoxy) is 1. The Morgan fingerprint density at radius 2 is 2.09 bits per heavy atom. The highest BCUT2D eigenvalue weighted by molar-refractivity contribution is 5.79. The van der Waals surface area contributed by atoms with E-state index in [4.69, 9.17) is 4.74 Å². The van der Waals surface area contributed by atoms with Crippen LogP contribution in [0, 0.1) is 6.92 Å². The van der Waals surface area contributed by atoms with Crippen molar-refractivity contribution in [2.75, 3.05) is 0 Å². The highest BCUT2D eigenvalue weighted by Crippen LogP contribution is 2.16. The van der Waals surface area contributed by atoms with Gasteiger partial charge in [0, 0.05) is 23.7 Å². The summed E-state index contributed by atoms with van der Waals surface area (Å²) in [6, 6.07) is 9.89. The van der Waals surface area contributed by atoms with Crippen molar-refractivity contribution in [1.82, 2.24) is 14.8 Å². The van der Waals surface area contributed by atoms with Gasteiger partial charge < -0.3 is 4.74 Å². The highest BCUT2D eigenvalue weighted by atomic mass is 16.5. The van der Waals surface area contributed by atoms with E-state index in [0.29, 0.717) is 18.9 Å². The Morgan fingerprint density at radius 1 is 1.23 bits per heavy atom. The lowest BCUT2D eigenvalue weighted by atomic mass is 10.1. The molecular formula is C17H17N3O2. The number of fused-ring (bicyclic) bond motifs is 1. The van der Waals surface area contributed by atoms with Crippen LogP contribution in [0.25, 0.3) is 10.9 Å². The third-order valence-electron chi connectivity index (χ3n) is 3.60. The summed E-state index contributed by atoms with van der Waals surface area (Å²) in [5.74, 6) is 0. The van der Waals surface area contributed by atoms with E-state index in [1.807, 2.05) is 49.1 Å². The molecule has 0 aliphatic heterocycles. The van der Waals surface area contributed by atoms with E-state index in [-0.39, 0.29) is 0 Å². The number of aryl methyl sites for hydroxylation is 2. The van der Waals surface area contributed by atoms with E-state index in [9.17, 15) is 4.79 Å². The minimum absolute atomic E-state index is 0.366. The molecular weight excluding hydrogens is 278 g/mol. The molecule has 1 aromatic carbocycles. The maximum atomic E-state index is 11.0. The molecule has 0 spiro atoms. The smallest absolute Gasteiger partial charge is 0.168 e. The maximum Gasteiger partial charge on any atom is 0.168 e. The Balaban J connectivity index is 1.69. The first kappa shape index (κ1) is 14.4. The predicted octanol–water partition coefficient (Wildman–Crippen LogP) is 2.81. The third-order valence-corrected chi connectivity index (χ3v) is 3.60. The molecule has 0 N–H and O–H groups in total. The summed E-state index contributed by atoms with van der Waals surface area (Å²) in [5, 5.41) is 5.33. The Hall–Kier alpha value is -2.53. The summed E-state index contributed by atoms with van der Waals surface area (Å²) in [6.45, 7) is 2.71. The van der Waals surface area contributed by atoms with Crippen molar-refractivity contribution in [3.05, 3.63) is 59.0 Å². The van der Waals surface area contributed by atoms with Crippen molar-refractivity contribution in [3.8, 4) is 0 Å². The molecule has 0 unspecified atom stereocenters. The van der Waals surface area contributed by atoms with Gasteiger partial charge in [-0.05, 0) is 24.6 Å². The van der Waals surface area contributed by atoms with Crippen LogP contribution in [0.4, 0.5) is 0 Å². The molecule has 2 heterocycles. The molecule has 0 atom stereocenters. The van der Waals surface area contributed by atoms with Crippen LogP contribution >= 0.6 is 0 Å². The summed E-state index contributed by atoms with van der Waals surface area (Å²) in [6.07, 6.45) is 2.61. The normalized spacial score (nSPS) is 11.0. The zero-order valence-corrected chi connectivity index (χ0v) is 12.6. The fourth-order valence-corrected chi connectivity index (χ4v) is 2.39. The number of carbonyl (C=O) groups excluding carboxylic acids is 1. The lowest BCUT2D eigenvalue weighted by Crippen LogP contribution is -2.01. The molecule has 112 valence electrons. The van der Waals surface area contributed by atoms with E-state index < -0.39 is 0 Å². The van der Waals surface area contributed by atoms with Crippen molar-refractivity contribution in [2.24, 2.45) is 7.05 Å². The lowest BCUT2D eigenvalue weighted by Gasteiger charge is -2.07. The summed E-state index contributed by atoms with van der Waals surface area (Å²) in [7, 11) is 1.92. The van der Waals surface area contributed by atoms with Gasteiger partial charge in [0.05, 0.1) is 24.9 Å². The molecule has 0 saturated carbocycles. The van der Waals surface area contributed by atoms with Crippen LogP contribution in [-0.2, 0) is 25.0 Å². The van der Waals surface area contributed by atoms with Crippen LogP contribution in [-0.4, -0.2) is 21.1 Å². The van der Waals surface area contributed by atoms with Gasteiger partial charge in [-0.2, -0.15) is 5.10 Å². The molecule has 0 bridgehead atoms. The molecule has 3 aromatic rings. The fraction of sp³-hybridized carbons (Fsp3) is 0.235. The zero-order valence-electron chi connectivity index (χ0n) is 12.6. The van der Waals surface area contributed by atoms with E-state index in [2.05, 4.69) is 16.1 Å². The van der Waals surface area contributed by atoms with Gasteiger partial charge in [-0.15, -0.1) is 0 Å². The summed E-state index contributed by atoms with van der Waals surface area (Å²) >= 11 is 0. The van der Waals surface area contributed by atoms with Gasteiger partial charge in [0.2, 0.25) is 0 Å². The van der Waals surface area contributed by atoms with Gasteiger partial charge in [0.15, 0.2) is 6.29 Å². The Morgan fingerprint density at radius 3 is 2.91 bits per heavy atom. The summed E-state index contributed by atoms with van der Waals surface area (Å²) in [5.41, 5.74) is 4.23. The van der Waals surface area contributed by atoms with Gasteiger partial charge in [-0.3, -0.25) is 9.48 Å². The van der Waals surface area contributed by atoms with Gasteiger partial charge in [-0.1, -0.05) is 18.2 Å². The molecule has 0 fully saturated rings. The van der Waals surface area contributed by atoms with E-state index in [1.165, 1.54) is 0 Å². The van der Waals surface area contributed by atoms with Crippen molar-refractivity contribution < 1.29 is 9.53 Å². The number of hydrogen-bond donors (Lipinski definition) is 0. The highest BCUT2D eigenvalue weighted by Gasteiger charge is 2.05. The first-order chi connectivity index (χ1) is 10.7. The lowest BCUT2D eigenvalue weighted by molar-refractivity contribution is 0.103. The second-order valence-corrected chi connectivity index (χ2v) is 5.27. The second kappa shape index (κ2) is 6.07. The summed E-state index contributed by atoms with van der Waals surface area (Å²) < 4.78 is 7.57. The molecule has 0 radical (unpaired) electrons. The number of carbonyl (C=O) groups is 1. The maximum absolute atomic E-state index is 11.0. The third kappa shape index (κ3) is 2.89. The molecule has 22 heavy (non-hydrogen) atoms. The van der Waals surface area contributed by atoms with E-state index >= 15 is 0 Å². The minimum Gasteiger partial charge on any atom is -0.372 e. The number of pyridine rings is 1. The molecule has 3 rings (SSSR count). The molecule has 0 aliphatic rings. The van der Waals surface area contributed by atoms with E-state index in [0.717, 1.165) is 34.0 Å². The van der Waals surface area contributed by atoms with Crippen molar-refractivity contribution in [1.29, 1.82) is 0 Å². The minimum atomic E-state index is 0.366. The molecule has 2 aromatic heterocycles. The first-order valence-corrected chi connectivity index (χ1v) is 7.07. The van der Waals surface area contributed by atoms with Crippen LogP contribution in [0.2, 0.25) is 0 Å². The average molecular weight is 295 g/mol. The number of rotatable bonds is 5. The van der Waals surface area contributed by atoms with Crippen LogP contribution in [0.3, 0.4) is 0 Å². The Labute approximate surface area is 128 Å². The molecule has 0 aliphatic carbocycles. The molecule has 0 saturated heterocycles. The van der Waals surface area contributed by atoms with Gasteiger partial charge in [-0.25, -0.2) is 4.98 Å². The predicted molar refractivity (Wildman–Crippen MR) is 83.6 cm³/mol. The Kier molecular flexibility index (Phi) is 3.98. The second-order valence-electron chi connectivity index (χ2n) is 5.27. The molecule has 0 amide bonds. The quantitative estimate of drug-likeness (QED) is 0.679. The summed E-state index contributed by atoms with van der Waals surface area (Å²) in [4.78, 5) is 15.2.